The normalized spacial score (nSPS) is 11.6. The first-order chi connectivity index (χ1) is 10.9. The molecule has 3 aromatic rings. The first-order valence-electron chi connectivity index (χ1n) is 6.67. The molecule has 7 heteroatoms. The Balaban J connectivity index is 1.92. The van der Waals surface area contributed by atoms with Gasteiger partial charge in [0, 0.05) is 14.7 Å². The lowest BCUT2D eigenvalue weighted by Gasteiger charge is -2.09. The summed E-state index contributed by atoms with van der Waals surface area (Å²) in [5.74, 6) is -0.638. The number of aryl methyl sites for hydroxylation is 1. The molecule has 4 nitrogen and oxygen atoms in total. The lowest BCUT2D eigenvalue weighted by Crippen LogP contribution is -2.31. The molecule has 0 saturated heterocycles. The van der Waals surface area contributed by atoms with Crippen molar-refractivity contribution in [1.29, 1.82) is 0 Å². The van der Waals surface area contributed by atoms with Crippen LogP contribution in [-0.2, 0) is 10.0 Å². The molecule has 0 aliphatic rings. The van der Waals surface area contributed by atoms with Gasteiger partial charge in [0.25, 0.3) is 15.9 Å². The number of benzene rings is 2. The second-order valence-corrected chi connectivity index (χ2v) is 8.56. The van der Waals surface area contributed by atoms with Gasteiger partial charge < -0.3 is 0 Å². The Morgan fingerprint density at radius 1 is 1.13 bits per heavy atom. The minimum absolute atomic E-state index is 0.0792. The Hall–Kier alpha value is -1.70. The van der Waals surface area contributed by atoms with Crippen molar-refractivity contribution >= 4 is 53.3 Å². The highest BCUT2D eigenvalue weighted by atomic mass is 79.9. The number of hydrogen-bond acceptors (Lipinski definition) is 4. The van der Waals surface area contributed by atoms with Crippen LogP contribution in [0.1, 0.15) is 15.9 Å². The summed E-state index contributed by atoms with van der Waals surface area (Å²) < 4.78 is 28.7. The highest BCUT2D eigenvalue weighted by molar-refractivity contribution is 9.10. The van der Waals surface area contributed by atoms with Crippen LogP contribution in [0.15, 0.2) is 57.2 Å². The molecular formula is C16H12BrNO3S2. The molecule has 3 rings (SSSR count). The van der Waals surface area contributed by atoms with Gasteiger partial charge in [0.1, 0.15) is 0 Å². The van der Waals surface area contributed by atoms with E-state index in [9.17, 15) is 13.2 Å². The molecule has 1 N–H and O–H groups in total. The minimum atomic E-state index is -3.91. The zero-order valence-corrected chi connectivity index (χ0v) is 15.3. The summed E-state index contributed by atoms with van der Waals surface area (Å²) in [5, 5.41) is 2.87. The van der Waals surface area contributed by atoms with E-state index in [4.69, 9.17) is 0 Å². The maximum absolute atomic E-state index is 12.4. The third-order valence-corrected chi connectivity index (χ3v) is 6.10. The predicted molar refractivity (Wildman–Crippen MR) is 95.4 cm³/mol. The number of rotatable bonds is 3. The summed E-state index contributed by atoms with van der Waals surface area (Å²) >= 11 is 4.77. The van der Waals surface area contributed by atoms with Gasteiger partial charge in [-0.1, -0.05) is 22.0 Å². The van der Waals surface area contributed by atoms with Crippen LogP contribution < -0.4 is 4.72 Å². The quantitative estimate of drug-likeness (QED) is 0.708. The summed E-state index contributed by atoms with van der Waals surface area (Å²) in [6.45, 7) is 1.75. The monoisotopic (exact) mass is 409 g/mol. The Morgan fingerprint density at radius 3 is 2.65 bits per heavy atom. The van der Waals surface area contributed by atoms with Crippen molar-refractivity contribution in [2.45, 2.75) is 11.8 Å². The van der Waals surface area contributed by atoms with Gasteiger partial charge in [-0.2, -0.15) is 0 Å². The standard InChI is InChI=1S/C16H12BrNO3S2/c1-10-8-12(17)3-5-14(10)16(19)18-23(20,21)13-4-2-11-6-7-22-15(11)9-13/h2-9H,1H3,(H,18,19). The Labute approximate surface area is 146 Å². The van der Waals surface area contributed by atoms with E-state index in [1.165, 1.54) is 17.4 Å². The van der Waals surface area contributed by atoms with E-state index < -0.39 is 15.9 Å². The number of carbonyl (C=O) groups excluding carboxylic acids is 1. The van der Waals surface area contributed by atoms with Gasteiger partial charge in [-0.25, -0.2) is 13.1 Å². The average Bonchev–Trinajstić information content (AvgIpc) is 2.93. The van der Waals surface area contributed by atoms with Crippen molar-refractivity contribution in [2.75, 3.05) is 0 Å². The van der Waals surface area contributed by atoms with E-state index in [2.05, 4.69) is 20.7 Å². The molecule has 0 atom stereocenters. The largest absolute Gasteiger partial charge is 0.268 e. The Kier molecular flexibility index (Phi) is 4.27. The molecule has 2 aromatic carbocycles. The molecule has 118 valence electrons. The fraction of sp³-hybridized carbons (Fsp3) is 0.0625. The molecule has 1 aromatic heterocycles. The molecular weight excluding hydrogens is 398 g/mol. The average molecular weight is 410 g/mol. The molecule has 23 heavy (non-hydrogen) atoms. The third-order valence-electron chi connectivity index (χ3n) is 3.40. The van der Waals surface area contributed by atoms with Crippen molar-refractivity contribution in [2.24, 2.45) is 0 Å². The van der Waals surface area contributed by atoms with E-state index in [0.717, 1.165) is 14.6 Å². The summed E-state index contributed by atoms with van der Waals surface area (Å²) in [7, 11) is -3.91. The van der Waals surface area contributed by atoms with Gasteiger partial charge in [-0.15, -0.1) is 11.3 Å². The van der Waals surface area contributed by atoms with Gasteiger partial charge in [-0.05, 0) is 59.7 Å². The first-order valence-corrected chi connectivity index (χ1v) is 9.83. The maximum atomic E-state index is 12.4. The van der Waals surface area contributed by atoms with E-state index in [1.54, 1.807) is 37.3 Å². The van der Waals surface area contributed by atoms with E-state index in [1.807, 2.05) is 11.4 Å². The molecule has 0 saturated carbocycles. The topological polar surface area (TPSA) is 63.2 Å². The smallest absolute Gasteiger partial charge is 0.265 e. The van der Waals surface area contributed by atoms with Crippen molar-refractivity contribution in [1.82, 2.24) is 4.72 Å². The van der Waals surface area contributed by atoms with E-state index >= 15 is 0 Å². The third kappa shape index (κ3) is 3.31. The summed E-state index contributed by atoms with van der Waals surface area (Å²) in [6, 6.07) is 11.8. The second kappa shape index (κ2) is 6.07. The number of thiophene rings is 1. The van der Waals surface area contributed by atoms with E-state index in [0.29, 0.717) is 11.1 Å². The number of hydrogen-bond donors (Lipinski definition) is 1. The zero-order chi connectivity index (χ0) is 16.6. The molecule has 0 fully saturated rings. The zero-order valence-electron chi connectivity index (χ0n) is 12.0. The fourth-order valence-electron chi connectivity index (χ4n) is 2.22. The first kappa shape index (κ1) is 16.2. The maximum Gasteiger partial charge on any atom is 0.265 e. The Morgan fingerprint density at radius 2 is 1.91 bits per heavy atom. The lowest BCUT2D eigenvalue weighted by molar-refractivity contribution is 0.0981. The van der Waals surface area contributed by atoms with Gasteiger partial charge in [-0.3, -0.25) is 4.79 Å². The van der Waals surface area contributed by atoms with Gasteiger partial charge in [0.15, 0.2) is 0 Å². The predicted octanol–water partition coefficient (Wildman–Crippen LogP) is 4.09. The second-order valence-electron chi connectivity index (χ2n) is 5.01. The Bertz CT molecular complexity index is 1010. The van der Waals surface area contributed by atoms with Crippen LogP contribution in [0.3, 0.4) is 0 Å². The minimum Gasteiger partial charge on any atom is -0.268 e. The molecule has 0 unspecified atom stereocenters. The molecule has 0 bridgehead atoms. The van der Waals surface area contributed by atoms with Gasteiger partial charge in [0.2, 0.25) is 0 Å². The lowest BCUT2D eigenvalue weighted by atomic mass is 10.1. The number of sulfonamides is 1. The SMILES string of the molecule is Cc1cc(Br)ccc1C(=O)NS(=O)(=O)c1ccc2ccsc2c1. The van der Waals surface area contributed by atoms with Crippen LogP contribution >= 0.6 is 27.3 Å². The van der Waals surface area contributed by atoms with Crippen molar-refractivity contribution < 1.29 is 13.2 Å². The van der Waals surface area contributed by atoms with Crippen molar-refractivity contribution in [3.05, 3.63) is 63.4 Å². The molecule has 0 spiro atoms. The van der Waals surface area contributed by atoms with Gasteiger partial charge in [0.05, 0.1) is 4.90 Å². The number of carbonyl (C=O) groups is 1. The van der Waals surface area contributed by atoms with Crippen LogP contribution in [0.25, 0.3) is 10.1 Å². The number of amides is 1. The van der Waals surface area contributed by atoms with Gasteiger partial charge >= 0.3 is 0 Å². The van der Waals surface area contributed by atoms with Crippen LogP contribution in [0, 0.1) is 6.92 Å². The molecule has 0 aliphatic heterocycles. The van der Waals surface area contributed by atoms with Crippen LogP contribution in [-0.4, -0.2) is 14.3 Å². The van der Waals surface area contributed by atoms with Crippen LogP contribution in [0.4, 0.5) is 0 Å². The molecule has 0 aliphatic carbocycles. The van der Waals surface area contributed by atoms with Crippen molar-refractivity contribution in [3.63, 3.8) is 0 Å². The summed E-state index contributed by atoms with van der Waals surface area (Å²) in [6.07, 6.45) is 0. The highest BCUT2D eigenvalue weighted by Gasteiger charge is 2.20. The number of fused-ring (bicyclic) bond motifs is 1. The molecule has 1 heterocycles. The van der Waals surface area contributed by atoms with Crippen LogP contribution in [0.2, 0.25) is 0 Å². The highest BCUT2D eigenvalue weighted by Crippen LogP contribution is 2.24. The molecule has 0 radical (unpaired) electrons. The van der Waals surface area contributed by atoms with Crippen molar-refractivity contribution in [3.8, 4) is 0 Å². The van der Waals surface area contributed by atoms with Crippen LogP contribution in [0.5, 0.6) is 0 Å². The molecule has 1 amide bonds. The summed E-state index contributed by atoms with van der Waals surface area (Å²) in [5.41, 5.74) is 1.02. The fourth-order valence-corrected chi connectivity index (χ4v) is 4.59. The number of nitrogens with one attached hydrogen (secondary N) is 1. The summed E-state index contributed by atoms with van der Waals surface area (Å²) in [4.78, 5) is 12.4. The number of halogens is 1. The van der Waals surface area contributed by atoms with E-state index in [-0.39, 0.29) is 4.90 Å².